The lowest BCUT2D eigenvalue weighted by atomic mass is 10.1. The molecular weight excluding hydrogens is 256 g/mol. The Morgan fingerprint density at radius 2 is 2.07 bits per heavy atom. The second-order valence-electron chi connectivity index (χ2n) is 3.23. The average Bonchev–Trinajstić information content (AvgIpc) is 2.75. The first kappa shape index (κ1) is 10.3. The van der Waals surface area contributed by atoms with E-state index >= 15 is 0 Å². The van der Waals surface area contributed by atoms with Gasteiger partial charge in [-0.05, 0) is 31.2 Å². The van der Waals surface area contributed by atoms with Crippen molar-refractivity contribution in [2.45, 2.75) is 6.92 Å². The van der Waals surface area contributed by atoms with E-state index in [0.29, 0.717) is 0 Å². The number of methoxy groups -OCH3 is 1. The Bertz CT molecular complexity index is 461. The van der Waals surface area contributed by atoms with E-state index in [-0.39, 0.29) is 0 Å². The van der Waals surface area contributed by atoms with E-state index in [2.05, 4.69) is 15.9 Å². The van der Waals surface area contributed by atoms with Crippen molar-refractivity contribution in [1.29, 1.82) is 0 Å². The molecule has 0 aliphatic heterocycles. The fourth-order valence-electron chi connectivity index (χ4n) is 1.56. The average molecular weight is 267 g/mol. The molecule has 0 radical (unpaired) electrons. The van der Waals surface area contributed by atoms with Crippen molar-refractivity contribution in [3.8, 4) is 17.1 Å². The van der Waals surface area contributed by atoms with Gasteiger partial charge in [0.1, 0.15) is 11.5 Å². The molecule has 1 aromatic carbocycles. The zero-order valence-electron chi connectivity index (χ0n) is 8.58. The Morgan fingerprint density at radius 3 is 2.67 bits per heavy atom. The molecule has 15 heavy (non-hydrogen) atoms. The minimum absolute atomic E-state index is 0.822. The molecule has 0 saturated carbocycles. The third kappa shape index (κ3) is 1.79. The smallest absolute Gasteiger partial charge is 0.137 e. The quantitative estimate of drug-likeness (QED) is 0.819. The lowest BCUT2D eigenvalue weighted by molar-refractivity contribution is 0.411. The highest BCUT2D eigenvalue weighted by atomic mass is 79.9. The molecule has 0 N–H and O–H groups in total. The minimum Gasteiger partial charge on any atom is -0.496 e. The first-order valence-electron chi connectivity index (χ1n) is 4.61. The maximum atomic E-state index is 5.39. The highest BCUT2D eigenvalue weighted by Gasteiger charge is 2.12. The molecule has 0 amide bonds. The Morgan fingerprint density at radius 1 is 1.27 bits per heavy atom. The van der Waals surface area contributed by atoms with Crippen LogP contribution in [-0.4, -0.2) is 7.11 Å². The molecule has 2 rings (SSSR count). The van der Waals surface area contributed by atoms with Crippen LogP contribution in [0.2, 0.25) is 0 Å². The second kappa shape index (κ2) is 4.11. The molecular formula is C12H11BrO2. The van der Waals surface area contributed by atoms with E-state index in [0.717, 1.165) is 27.1 Å². The van der Waals surface area contributed by atoms with Crippen LogP contribution in [0, 0.1) is 6.92 Å². The fraction of sp³-hybridized carbons (Fsp3) is 0.167. The topological polar surface area (TPSA) is 22.4 Å². The lowest BCUT2D eigenvalue weighted by Gasteiger charge is -2.10. The van der Waals surface area contributed by atoms with Crippen LogP contribution in [0.15, 0.2) is 39.4 Å². The van der Waals surface area contributed by atoms with Gasteiger partial charge in [-0.3, -0.25) is 0 Å². The largest absolute Gasteiger partial charge is 0.496 e. The van der Waals surface area contributed by atoms with Crippen LogP contribution in [0.25, 0.3) is 11.3 Å². The Labute approximate surface area is 97.0 Å². The van der Waals surface area contributed by atoms with Crippen LogP contribution in [0.4, 0.5) is 0 Å². The van der Waals surface area contributed by atoms with Crippen molar-refractivity contribution < 1.29 is 9.15 Å². The number of benzene rings is 1. The van der Waals surface area contributed by atoms with Gasteiger partial charge in [-0.15, -0.1) is 0 Å². The van der Waals surface area contributed by atoms with E-state index in [1.165, 1.54) is 0 Å². The molecule has 0 spiro atoms. The number of furan rings is 1. The molecule has 0 unspecified atom stereocenters. The van der Waals surface area contributed by atoms with Crippen LogP contribution in [0.1, 0.15) is 5.56 Å². The predicted molar refractivity (Wildman–Crippen MR) is 63.1 cm³/mol. The van der Waals surface area contributed by atoms with Crippen LogP contribution in [-0.2, 0) is 0 Å². The highest BCUT2D eigenvalue weighted by Crippen LogP contribution is 2.36. The number of halogens is 1. The molecule has 0 aliphatic rings. The minimum atomic E-state index is 0.822. The number of hydrogen-bond donors (Lipinski definition) is 0. The summed E-state index contributed by atoms with van der Waals surface area (Å²) >= 11 is 3.47. The number of hydrogen-bond acceptors (Lipinski definition) is 2. The molecule has 3 heteroatoms. The molecule has 78 valence electrons. The molecule has 1 aromatic heterocycles. The van der Waals surface area contributed by atoms with Crippen molar-refractivity contribution >= 4 is 15.9 Å². The van der Waals surface area contributed by atoms with Gasteiger partial charge in [-0.25, -0.2) is 0 Å². The molecule has 1 heterocycles. The Hall–Kier alpha value is -1.22. The normalized spacial score (nSPS) is 10.3. The molecule has 2 aromatic rings. The van der Waals surface area contributed by atoms with Gasteiger partial charge in [0.15, 0.2) is 0 Å². The van der Waals surface area contributed by atoms with Gasteiger partial charge in [-0.1, -0.05) is 15.9 Å². The molecule has 0 saturated heterocycles. The first-order valence-corrected chi connectivity index (χ1v) is 5.40. The van der Waals surface area contributed by atoms with Crippen molar-refractivity contribution in [3.63, 3.8) is 0 Å². The van der Waals surface area contributed by atoms with Gasteiger partial charge in [0.05, 0.1) is 18.9 Å². The summed E-state index contributed by atoms with van der Waals surface area (Å²) in [6.07, 6.45) is 1.66. The zero-order chi connectivity index (χ0) is 10.8. The van der Waals surface area contributed by atoms with Crippen molar-refractivity contribution in [1.82, 2.24) is 0 Å². The number of ether oxygens (including phenoxy) is 1. The van der Waals surface area contributed by atoms with Crippen molar-refractivity contribution in [2.24, 2.45) is 0 Å². The van der Waals surface area contributed by atoms with E-state index in [9.17, 15) is 0 Å². The summed E-state index contributed by atoms with van der Waals surface area (Å²) in [5.74, 6) is 1.67. The molecule has 0 fully saturated rings. The summed E-state index contributed by atoms with van der Waals surface area (Å²) in [4.78, 5) is 0. The Balaban J connectivity index is 2.62. The molecule has 0 bridgehead atoms. The van der Waals surface area contributed by atoms with Gasteiger partial charge in [0.25, 0.3) is 0 Å². The molecule has 2 nitrogen and oxygen atoms in total. The predicted octanol–water partition coefficient (Wildman–Crippen LogP) is 4.03. The van der Waals surface area contributed by atoms with Crippen LogP contribution in [0.3, 0.4) is 0 Å². The van der Waals surface area contributed by atoms with E-state index in [1.54, 1.807) is 13.4 Å². The van der Waals surface area contributed by atoms with Crippen LogP contribution >= 0.6 is 15.9 Å². The SMILES string of the molecule is COc1c(-c2ccco2)ccc(Br)c1C. The maximum absolute atomic E-state index is 5.39. The monoisotopic (exact) mass is 266 g/mol. The first-order chi connectivity index (χ1) is 7.24. The third-order valence-electron chi connectivity index (χ3n) is 2.33. The molecule has 0 atom stereocenters. The third-order valence-corrected chi connectivity index (χ3v) is 3.19. The standard InChI is InChI=1S/C12H11BrO2/c1-8-10(13)6-5-9(12(8)14-2)11-4-3-7-15-11/h3-7H,1-2H3. The maximum Gasteiger partial charge on any atom is 0.137 e. The van der Waals surface area contributed by atoms with Gasteiger partial charge < -0.3 is 9.15 Å². The van der Waals surface area contributed by atoms with Gasteiger partial charge in [0, 0.05) is 10.0 Å². The van der Waals surface area contributed by atoms with Gasteiger partial charge in [-0.2, -0.15) is 0 Å². The number of rotatable bonds is 2. The van der Waals surface area contributed by atoms with Crippen molar-refractivity contribution in [2.75, 3.05) is 7.11 Å². The van der Waals surface area contributed by atoms with E-state index in [4.69, 9.17) is 9.15 Å². The van der Waals surface area contributed by atoms with Crippen LogP contribution in [0.5, 0.6) is 5.75 Å². The van der Waals surface area contributed by atoms with Crippen LogP contribution < -0.4 is 4.74 Å². The summed E-state index contributed by atoms with van der Waals surface area (Å²) in [5, 5.41) is 0. The van der Waals surface area contributed by atoms with Crippen molar-refractivity contribution in [3.05, 3.63) is 40.6 Å². The van der Waals surface area contributed by atoms with E-state index < -0.39 is 0 Å². The van der Waals surface area contributed by atoms with Gasteiger partial charge >= 0.3 is 0 Å². The summed E-state index contributed by atoms with van der Waals surface area (Å²) in [6.45, 7) is 2.01. The van der Waals surface area contributed by atoms with Gasteiger partial charge in [0.2, 0.25) is 0 Å². The summed E-state index contributed by atoms with van der Waals surface area (Å²) in [7, 11) is 1.67. The summed E-state index contributed by atoms with van der Waals surface area (Å²) in [6, 6.07) is 7.77. The lowest BCUT2D eigenvalue weighted by Crippen LogP contribution is -1.91. The van der Waals surface area contributed by atoms with E-state index in [1.807, 2.05) is 31.2 Å². The molecule has 0 aliphatic carbocycles. The highest BCUT2D eigenvalue weighted by molar-refractivity contribution is 9.10. The summed E-state index contributed by atoms with van der Waals surface area (Å²) < 4.78 is 11.8. The fourth-order valence-corrected chi connectivity index (χ4v) is 1.87. The summed E-state index contributed by atoms with van der Waals surface area (Å²) in [5.41, 5.74) is 2.05. The Kier molecular flexibility index (Phi) is 2.82. The zero-order valence-corrected chi connectivity index (χ0v) is 10.2. The second-order valence-corrected chi connectivity index (χ2v) is 4.08.